The van der Waals surface area contributed by atoms with E-state index >= 15 is 0 Å². The topological polar surface area (TPSA) is 81.2 Å². The number of rotatable bonds is 4. The van der Waals surface area contributed by atoms with E-state index in [1.54, 1.807) is 0 Å². The van der Waals surface area contributed by atoms with Crippen molar-refractivity contribution in [3.63, 3.8) is 0 Å². The number of amides is 1. The Kier molecular flexibility index (Phi) is 2.91. The number of nitrogens with two attached hydrogens (primary N) is 1. The molecule has 3 N–H and O–H groups in total. The fourth-order valence-corrected chi connectivity index (χ4v) is 1.95. The second-order valence-corrected chi connectivity index (χ2v) is 4.82. The molecule has 0 unspecified atom stereocenters. The molecule has 1 heterocycles. The van der Waals surface area contributed by atoms with E-state index in [4.69, 9.17) is 22.4 Å². The van der Waals surface area contributed by atoms with E-state index in [1.807, 2.05) is 13.8 Å². The number of oxazole rings is 1. The maximum atomic E-state index is 11.9. The average Bonchev–Trinajstić information content (AvgIpc) is 3.00. The van der Waals surface area contributed by atoms with Crippen molar-refractivity contribution >= 4 is 23.1 Å². The monoisotopic (exact) mass is 253 g/mol. The first kappa shape index (κ1) is 12.0. The van der Waals surface area contributed by atoms with Gasteiger partial charge in [-0.3, -0.25) is 4.79 Å². The molecular formula is C11H15N3O2S. The van der Waals surface area contributed by atoms with Crippen LogP contribution in [0, 0.1) is 19.3 Å². The summed E-state index contributed by atoms with van der Waals surface area (Å²) in [6.45, 7) is 3.98. The first-order valence-electron chi connectivity index (χ1n) is 5.47. The Bertz CT molecular complexity index is 458. The third kappa shape index (κ3) is 2.17. The Morgan fingerprint density at radius 2 is 2.24 bits per heavy atom. The molecule has 6 heteroatoms. The summed E-state index contributed by atoms with van der Waals surface area (Å²) in [5.41, 5.74) is 5.78. The third-order valence-corrected chi connectivity index (χ3v) is 3.52. The van der Waals surface area contributed by atoms with Crippen LogP contribution in [0.5, 0.6) is 0 Å². The van der Waals surface area contributed by atoms with Gasteiger partial charge in [0.2, 0.25) is 11.8 Å². The van der Waals surface area contributed by atoms with Crippen molar-refractivity contribution in [3.05, 3.63) is 17.3 Å². The molecule has 1 aliphatic rings. The van der Waals surface area contributed by atoms with Gasteiger partial charge in [0.25, 0.3) is 0 Å². The van der Waals surface area contributed by atoms with E-state index in [0.29, 0.717) is 5.89 Å². The molecule has 2 rings (SSSR count). The molecule has 1 fully saturated rings. The number of aryl methyl sites for hydroxylation is 2. The summed E-state index contributed by atoms with van der Waals surface area (Å²) in [5.74, 6) is 1.15. The fourth-order valence-electron chi connectivity index (χ4n) is 1.65. The van der Waals surface area contributed by atoms with Gasteiger partial charge >= 0.3 is 0 Å². The van der Waals surface area contributed by atoms with Crippen molar-refractivity contribution in [2.75, 3.05) is 0 Å². The van der Waals surface area contributed by atoms with Crippen LogP contribution in [0.4, 0.5) is 0 Å². The van der Waals surface area contributed by atoms with Gasteiger partial charge in [-0.2, -0.15) is 0 Å². The summed E-state index contributed by atoms with van der Waals surface area (Å²) in [5, 5.41) is 2.76. The van der Waals surface area contributed by atoms with Crippen LogP contribution in [0.15, 0.2) is 4.42 Å². The van der Waals surface area contributed by atoms with Crippen LogP contribution in [0.25, 0.3) is 0 Å². The van der Waals surface area contributed by atoms with Crippen molar-refractivity contribution in [1.29, 1.82) is 0 Å². The van der Waals surface area contributed by atoms with Gasteiger partial charge < -0.3 is 15.5 Å². The number of carbonyl (C=O) groups is 1. The smallest absolute Gasteiger partial charge is 0.233 e. The van der Waals surface area contributed by atoms with E-state index in [9.17, 15) is 4.79 Å². The Balaban J connectivity index is 1.95. The molecule has 1 aromatic rings. The Morgan fingerprint density at radius 1 is 1.59 bits per heavy atom. The molecule has 1 saturated carbocycles. The summed E-state index contributed by atoms with van der Waals surface area (Å²) < 4.78 is 5.37. The lowest BCUT2D eigenvalue weighted by molar-refractivity contribution is -0.124. The standard InChI is InChI=1S/C11H15N3O2S/c1-6-7(2)16-8(14-6)5-13-10(15)11(3-4-11)9(12)17/h3-5H2,1-2H3,(H2,12,17)(H,13,15). The van der Waals surface area contributed by atoms with Crippen molar-refractivity contribution in [3.8, 4) is 0 Å². The third-order valence-electron chi connectivity index (χ3n) is 3.13. The lowest BCUT2D eigenvalue weighted by Crippen LogP contribution is -2.39. The summed E-state index contributed by atoms with van der Waals surface area (Å²) in [4.78, 5) is 16.3. The predicted octanol–water partition coefficient (Wildman–Crippen LogP) is 0.974. The Labute approximate surface area is 105 Å². The highest BCUT2D eigenvalue weighted by Crippen LogP contribution is 2.46. The maximum Gasteiger partial charge on any atom is 0.233 e. The molecule has 1 aromatic heterocycles. The number of nitrogens with one attached hydrogen (secondary N) is 1. The van der Waals surface area contributed by atoms with Crippen LogP contribution in [0.2, 0.25) is 0 Å². The minimum Gasteiger partial charge on any atom is -0.444 e. The highest BCUT2D eigenvalue weighted by atomic mass is 32.1. The quantitative estimate of drug-likeness (QED) is 0.782. The highest BCUT2D eigenvalue weighted by molar-refractivity contribution is 7.80. The van der Waals surface area contributed by atoms with Gasteiger partial charge in [0.1, 0.15) is 5.76 Å². The van der Waals surface area contributed by atoms with Crippen LogP contribution in [-0.2, 0) is 11.3 Å². The number of nitrogens with zero attached hydrogens (tertiary/aromatic N) is 1. The molecular weight excluding hydrogens is 238 g/mol. The van der Waals surface area contributed by atoms with Gasteiger partial charge in [-0.05, 0) is 26.7 Å². The lowest BCUT2D eigenvalue weighted by atomic mass is 10.1. The number of hydrogen-bond acceptors (Lipinski definition) is 4. The molecule has 17 heavy (non-hydrogen) atoms. The van der Waals surface area contributed by atoms with Crippen molar-refractivity contribution in [1.82, 2.24) is 10.3 Å². The van der Waals surface area contributed by atoms with E-state index in [-0.39, 0.29) is 17.4 Å². The zero-order valence-corrected chi connectivity index (χ0v) is 10.7. The zero-order valence-electron chi connectivity index (χ0n) is 9.87. The second-order valence-electron chi connectivity index (χ2n) is 4.38. The number of thiocarbonyl (C=S) groups is 1. The zero-order chi connectivity index (χ0) is 12.6. The molecule has 5 nitrogen and oxygen atoms in total. The molecule has 1 aliphatic carbocycles. The van der Waals surface area contributed by atoms with Crippen LogP contribution in [0.1, 0.15) is 30.2 Å². The molecule has 0 aromatic carbocycles. The highest BCUT2D eigenvalue weighted by Gasteiger charge is 2.52. The van der Waals surface area contributed by atoms with Gasteiger partial charge in [0, 0.05) is 0 Å². The first-order valence-corrected chi connectivity index (χ1v) is 5.87. The number of aromatic nitrogens is 1. The van der Waals surface area contributed by atoms with Gasteiger partial charge in [-0.25, -0.2) is 4.98 Å². The Hall–Kier alpha value is -1.43. The van der Waals surface area contributed by atoms with E-state index < -0.39 is 5.41 Å². The van der Waals surface area contributed by atoms with Gasteiger partial charge in [0.05, 0.1) is 22.6 Å². The van der Waals surface area contributed by atoms with E-state index in [2.05, 4.69) is 10.3 Å². The molecule has 0 saturated heterocycles. The van der Waals surface area contributed by atoms with Crippen LogP contribution >= 0.6 is 12.2 Å². The fraction of sp³-hybridized carbons (Fsp3) is 0.545. The maximum absolute atomic E-state index is 11.9. The lowest BCUT2D eigenvalue weighted by Gasteiger charge is -2.12. The molecule has 0 radical (unpaired) electrons. The van der Waals surface area contributed by atoms with Gasteiger partial charge in [0.15, 0.2) is 0 Å². The largest absolute Gasteiger partial charge is 0.444 e. The first-order chi connectivity index (χ1) is 7.95. The predicted molar refractivity (Wildman–Crippen MR) is 66.3 cm³/mol. The van der Waals surface area contributed by atoms with Gasteiger partial charge in [-0.1, -0.05) is 12.2 Å². The summed E-state index contributed by atoms with van der Waals surface area (Å²) in [6, 6.07) is 0. The van der Waals surface area contributed by atoms with Crippen LogP contribution in [-0.4, -0.2) is 15.9 Å². The van der Waals surface area contributed by atoms with Crippen molar-refractivity contribution in [2.45, 2.75) is 33.2 Å². The SMILES string of the molecule is Cc1nc(CNC(=O)C2(C(N)=S)CC2)oc1C. The minimum atomic E-state index is -0.619. The molecule has 0 bridgehead atoms. The van der Waals surface area contributed by atoms with Crippen LogP contribution in [0.3, 0.4) is 0 Å². The molecule has 0 atom stereocenters. The second kappa shape index (κ2) is 4.10. The van der Waals surface area contributed by atoms with E-state index in [0.717, 1.165) is 24.3 Å². The molecule has 0 spiro atoms. The minimum absolute atomic E-state index is 0.126. The van der Waals surface area contributed by atoms with Crippen LogP contribution < -0.4 is 11.1 Å². The summed E-state index contributed by atoms with van der Waals surface area (Å²) in [7, 11) is 0. The summed E-state index contributed by atoms with van der Waals surface area (Å²) >= 11 is 4.90. The van der Waals surface area contributed by atoms with Crippen molar-refractivity contribution < 1.29 is 9.21 Å². The average molecular weight is 253 g/mol. The number of carbonyl (C=O) groups excluding carboxylic acids is 1. The van der Waals surface area contributed by atoms with Gasteiger partial charge in [-0.15, -0.1) is 0 Å². The number of hydrogen-bond donors (Lipinski definition) is 2. The normalized spacial score (nSPS) is 16.6. The molecule has 1 amide bonds. The summed E-state index contributed by atoms with van der Waals surface area (Å²) in [6.07, 6.45) is 1.47. The molecule has 0 aliphatic heterocycles. The van der Waals surface area contributed by atoms with Crippen molar-refractivity contribution in [2.24, 2.45) is 11.1 Å². The molecule has 92 valence electrons. The van der Waals surface area contributed by atoms with E-state index in [1.165, 1.54) is 0 Å². The Morgan fingerprint density at radius 3 is 2.65 bits per heavy atom.